The van der Waals surface area contributed by atoms with Gasteiger partial charge in [-0.25, -0.2) is 0 Å². The monoisotopic (exact) mass is 334 g/mol. The molecule has 0 saturated heterocycles. The van der Waals surface area contributed by atoms with E-state index in [4.69, 9.17) is 0 Å². The molecule has 20 heavy (non-hydrogen) atoms. The first kappa shape index (κ1) is 15.1. The van der Waals surface area contributed by atoms with Crippen molar-refractivity contribution < 1.29 is 0 Å². The van der Waals surface area contributed by atoms with Crippen LogP contribution in [0.3, 0.4) is 0 Å². The van der Waals surface area contributed by atoms with Gasteiger partial charge in [0.2, 0.25) is 0 Å². The lowest BCUT2D eigenvalue weighted by molar-refractivity contribution is 0.537. The third-order valence-corrected chi connectivity index (χ3v) is 3.64. The number of rotatable bonds is 5. The van der Waals surface area contributed by atoms with Crippen molar-refractivity contribution >= 4 is 15.9 Å². The van der Waals surface area contributed by atoms with Crippen LogP contribution in [-0.2, 0) is 6.42 Å². The molecule has 2 aromatic rings. The second kappa shape index (κ2) is 6.90. The van der Waals surface area contributed by atoms with Gasteiger partial charge >= 0.3 is 0 Å². The summed E-state index contributed by atoms with van der Waals surface area (Å²) in [5.41, 5.74) is 4.17. The first-order valence-corrected chi connectivity index (χ1v) is 7.54. The minimum absolute atomic E-state index is 0.211. The molecule has 2 aromatic heterocycles. The SMILES string of the molecule is CCNC(Cc1ccc(Br)cn1)c1cc(C)nnc1C. The van der Waals surface area contributed by atoms with Gasteiger partial charge in [0.15, 0.2) is 0 Å². The Morgan fingerprint density at radius 2 is 2.05 bits per heavy atom. The van der Waals surface area contributed by atoms with Crippen molar-refractivity contribution in [3.8, 4) is 0 Å². The van der Waals surface area contributed by atoms with E-state index in [-0.39, 0.29) is 6.04 Å². The van der Waals surface area contributed by atoms with Gasteiger partial charge < -0.3 is 5.32 Å². The van der Waals surface area contributed by atoms with E-state index >= 15 is 0 Å². The molecule has 0 aliphatic carbocycles. The van der Waals surface area contributed by atoms with E-state index in [0.29, 0.717) is 0 Å². The summed E-state index contributed by atoms with van der Waals surface area (Å²) in [5, 5.41) is 11.8. The molecule has 0 aliphatic heterocycles. The number of aromatic nitrogens is 3. The average Bonchev–Trinajstić information content (AvgIpc) is 2.43. The normalized spacial score (nSPS) is 12.4. The molecule has 4 nitrogen and oxygen atoms in total. The van der Waals surface area contributed by atoms with Gasteiger partial charge in [-0.1, -0.05) is 6.92 Å². The first-order chi connectivity index (χ1) is 9.60. The van der Waals surface area contributed by atoms with Gasteiger partial charge in [0.1, 0.15) is 0 Å². The number of hydrogen-bond acceptors (Lipinski definition) is 4. The zero-order valence-corrected chi connectivity index (χ0v) is 13.6. The number of hydrogen-bond donors (Lipinski definition) is 1. The third kappa shape index (κ3) is 3.84. The lowest BCUT2D eigenvalue weighted by Gasteiger charge is -2.19. The molecule has 0 bridgehead atoms. The predicted octanol–water partition coefficient (Wildman–Crippen LogP) is 3.14. The first-order valence-electron chi connectivity index (χ1n) is 6.74. The minimum atomic E-state index is 0.211. The average molecular weight is 335 g/mol. The van der Waals surface area contributed by atoms with Gasteiger partial charge in [0.05, 0.1) is 11.4 Å². The second-order valence-corrected chi connectivity index (χ2v) is 5.72. The van der Waals surface area contributed by atoms with Gasteiger partial charge in [-0.15, -0.1) is 0 Å². The fourth-order valence-corrected chi connectivity index (χ4v) is 2.43. The Morgan fingerprint density at radius 3 is 2.70 bits per heavy atom. The largest absolute Gasteiger partial charge is 0.310 e. The molecule has 0 fully saturated rings. The summed E-state index contributed by atoms with van der Waals surface area (Å²) in [6.07, 6.45) is 2.67. The summed E-state index contributed by atoms with van der Waals surface area (Å²) in [6.45, 7) is 6.98. The molecule has 0 spiro atoms. The second-order valence-electron chi connectivity index (χ2n) is 4.81. The molecule has 106 valence electrons. The Labute approximate surface area is 128 Å². The number of halogens is 1. The van der Waals surface area contributed by atoms with Crippen molar-refractivity contribution in [2.45, 2.75) is 33.2 Å². The van der Waals surface area contributed by atoms with Gasteiger partial charge in [-0.3, -0.25) is 4.98 Å². The van der Waals surface area contributed by atoms with Crippen molar-refractivity contribution in [1.82, 2.24) is 20.5 Å². The Balaban J connectivity index is 2.26. The molecule has 1 unspecified atom stereocenters. The Morgan fingerprint density at radius 1 is 1.25 bits per heavy atom. The van der Waals surface area contributed by atoms with E-state index in [9.17, 15) is 0 Å². The van der Waals surface area contributed by atoms with Crippen LogP contribution < -0.4 is 5.32 Å². The van der Waals surface area contributed by atoms with Crippen LogP contribution in [0.5, 0.6) is 0 Å². The van der Waals surface area contributed by atoms with Gasteiger partial charge in [0, 0.05) is 28.8 Å². The Kier molecular flexibility index (Phi) is 5.20. The van der Waals surface area contributed by atoms with E-state index in [1.807, 2.05) is 32.2 Å². The highest BCUT2D eigenvalue weighted by atomic mass is 79.9. The smallest absolute Gasteiger partial charge is 0.0648 e. The summed E-state index contributed by atoms with van der Waals surface area (Å²) in [5.74, 6) is 0. The number of likely N-dealkylation sites (N-methyl/N-ethyl adjacent to an activating group) is 1. The molecular weight excluding hydrogens is 316 g/mol. The molecule has 0 aliphatic rings. The summed E-state index contributed by atoms with van der Waals surface area (Å²) in [4.78, 5) is 4.46. The fraction of sp³-hybridized carbons (Fsp3) is 0.400. The highest BCUT2D eigenvalue weighted by molar-refractivity contribution is 9.10. The molecule has 1 atom stereocenters. The zero-order chi connectivity index (χ0) is 14.5. The van der Waals surface area contributed by atoms with Crippen LogP contribution in [0.25, 0.3) is 0 Å². The van der Waals surface area contributed by atoms with Crippen LogP contribution in [0, 0.1) is 13.8 Å². The van der Waals surface area contributed by atoms with Gasteiger partial charge in [0.25, 0.3) is 0 Å². The van der Waals surface area contributed by atoms with E-state index in [0.717, 1.165) is 34.5 Å². The van der Waals surface area contributed by atoms with E-state index in [2.05, 4.69) is 49.4 Å². The maximum Gasteiger partial charge on any atom is 0.0648 e. The number of aryl methyl sites for hydroxylation is 2. The molecule has 2 rings (SSSR count). The summed E-state index contributed by atoms with van der Waals surface area (Å²) >= 11 is 3.41. The van der Waals surface area contributed by atoms with Crippen LogP contribution >= 0.6 is 15.9 Å². The van der Waals surface area contributed by atoms with Crippen molar-refractivity contribution in [1.29, 1.82) is 0 Å². The topological polar surface area (TPSA) is 50.7 Å². The van der Waals surface area contributed by atoms with Crippen LogP contribution in [0.4, 0.5) is 0 Å². The number of pyridine rings is 1. The standard InChI is InChI=1S/C15H19BrN4/c1-4-17-15(8-13-6-5-12(16)9-18-13)14-7-10(2)19-20-11(14)3/h5-7,9,15,17H,4,8H2,1-3H3. The fourth-order valence-electron chi connectivity index (χ4n) is 2.20. The van der Waals surface area contributed by atoms with Crippen molar-refractivity contribution in [2.75, 3.05) is 6.54 Å². The molecule has 0 saturated carbocycles. The quantitative estimate of drug-likeness (QED) is 0.912. The highest BCUT2D eigenvalue weighted by Crippen LogP contribution is 2.21. The molecule has 0 amide bonds. The van der Waals surface area contributed by atoms with E-state index < -0.39 is 0 Å². The van der Waals surface area contributed by atoms with Crippen LogP contribution in [0.1, 0.15) is 35.6 Å². The maximum atomic E-state index is 4.46. The molecule has 0 aromatic carbocycles. The van der Waals surface area contributed by atoms with Gasteiger partial charge in [-0.05, 0) is 60.1 Å². The molecule has 0 radical (unpaired) electrons. The van der Waals surface area contributed by atoms with Crippen LogP contribution in [-0.4, -0.2) is 21.7 Å². The van der Waals surface area contributed by atoms with Crippen molar-refractivity contribution in [2.24, 2.45) is 0 Å². The van der Waals surface area contributed by atoms with Crippen molar-refractivity contribution in [3.63, 3.8) is 0 Å². The summed E-state index contributed by atoms with van der Waals surface area (Å²) in [7, 11) is 0. The van der Waals surface area contributed by atoms with Gasteiger partial charge in [-0.2, -0.15) is 10.2 Å². The summed E-state index contributed by atoms with van der Waals surface area (Å²) in [6, 6.07) is 6.39. The molecule has 2 heterocycles. The number of nitrogens with one attached hydrogen (secondary N) is 1. The molecule has 1 N–H and O–H groups in total. The molecule has 5 heteroatoms. The predicted molar refractivity (Wildman–Crippen MR) is 83.6 cm³/mol. The van der Waals surface area contributed by atoms with Crippen LogP contribution in [0.2, 0.25) is 0 Å². The third-order valence-electron chi connectivity index (χ3n) is 3.17. The molecular formula is C15H19BrN4. The van der Waals surface area contributed by atoms with E-state index in [1.54, 1.807) is 0 Å². The minimum Gasteiger partial charge on any atom is -0.310 e. The maximum absolute atomic E-state index is 4.46. The lowest BCUT2D eigenvalue weighted by atomic mass is 10.00. The Bertz CT molecular complexity index is 569. The zero-order valence-electron chi connectivity index (χ0n) is 12.0. The number of nitrogens with zero attached hydrogens (tertiary/aromatic N) is 3. The summed E-state index contributed by atoms with van der Waals surface area (Å²) < 4.78 is 0.999. The lowest BCUT2D eigenvalue weighted by Crippen LogP contribution is -2.24. The van der Waals surface area contributed by atoms with Crippen molar-refractivity contribution in [3.05, 3.63) is 51.5 Å². The Hall–Kier alpha value is -1.33. The van der Waals surface area contributed by atoms with E-state index in [1.165, 1.54) is 5.56 Å². The highest BCUT2D eigenvalue weighted by Gasteiger charge is 2.15. The van der Waals surface area contributed by atoms with Crippen LogP contribution in [0.15, 0.2) is 28.9 Å².